The number of carbonyl (C=O) groups is 2. The highest BCUT2D eigenvalue weighted by Gasteiger charge is 2.16. The van der Waals surface area contributed by atoms with E-state index in [1.165, 1.54) is 5.56 Å². The topological polar surface area (TPSA) is 73.2 Å². The zero-order valence-corrected chi connectivity index (χ0v) is 17.0. The number of benzene rings is 1. The summed E-state index contributed by atoms with van der Waals surface area (Å²) in [5.74, 6) is -0.758. The Morgan fingerprint density at radius 2 is 1.89 bits per heavy atom. The van der Waals surface area contributed by atoms with E-state index in [0.717, 1.165) is 16.3 Å². The molecule has 7 heteroatoms. The number of amides is 1. The fourth-order valence-corrected chi connectivity index (χ4v) is 3.54. The number of rotatable bonds is 7. The first-order valence-electron chi connectivity index (χ1n) is 9.05. The molecule has 0 spiro atoms. The molecule has 1 N–H and O–H groups in total. The number of hydrogen-bond donors (Lipinski definition) is 1. The Labute approximate surface area is 168 Å². The number of ether oxygens (including phenoxy) is 1. The molecule has 0 saturated carbocycles. The Bertz CT molecular complexity index is 960. The maximum absolute atomic E-state index is 12.2. The molecule has 0 unspecified atom stereocenters. The molecule has 0 fully saturated rings. The van der Waals surface area contributed by atoms with Crippen LogP contribution in [-0.4, -0.2) is 28.3 Å². The van der Waals surface area contributed by atoms with Gasteiger partial charge >= 0.3 is 5.97 Å². The van der Waals surface area contributed by atoms with Gasteiger partial charge in [-0.15, -0.1) is 11.3 Å². The molecule has 28 heavy (non-hydrogen) atoms. The summed E-state index contributed by atoms with van der Waals surface area (Å²) in [6.07, 6.45) is 0.886. The Morgan fingerprint density at radius 1 is 1.14 bits per heavy atom. The van der Waals surface area contributed by atoms with E-state index in [-0.39, 0.29) is 24.9 Å². The van der Waals surface area contributed by atoms with Gasteiger partial charge in [-0.1, -0.05) is 23.8 Å². The third-order valence-corrected chi connectivity index (χ3v) is 5.29. The van der Waals surface area contributed by atoms with E-state index in [1.54, 1.807) is 16.0 Å². The number of hydrogen-bond acceptors (Lipinski definition) is 5. The van der Waals surface area contributed by atoms with E-state index in [1.807, 2.05) is 62.5 Å². The van der Waals surface area contributed by atoms with Gasteiger partial charge in [-0.05, 0) is 50.8 Å². The van der Waals surface area contributed by atoms with Crippen LogP contribution in [0.1, 0.15) is 28.2 Å². The normalized spacial score (nSPS) is 10.7. The standard InChI is InChI=1S/C21H23N3O3S/c1-14-6-8-17(9-7-14)24-16(3)21(15(2)23-24)22-19(25)13-27-20(26)11-10-18-5-4-12-28-18/h4-9,12H,10-11,13H2,1-3H3,(H,22,25). The molecule has 0 aliphatic heterocycles. The van der Waals surface area contributed by atoms with Crippen molar-refractivity contribution >= 4 is 28.9 Å². The molecule has 2 heterocycles. The lowest BCUT2D eigenvalue weighted by Gasteiger charge is -2.08. The van der Waals surface area contributed by atoms with Crippen LogP contribution in [0, 0.1) is 20.8 Å². The molecule has 3 rings (SSSR count). The molecule has 0 bridgehead atoms. The molecule has 0 aliphatic rings. The van der Waals surface area contributed by atoms with Crippen molar-refractivity contribution in [2.75, 3.05) is 11.9 Å². The summed E-state index contributed by atoms with van der Waals surface area (Å²) in [4.78, 5) is 25.2. The van der Waals surface area contributed by atoms with E-state index in [0.29, 0.717) is 17.8 Å². The average Bonchev–Trinajstić information content (AvgIpc) is 3.29. The first-order valence-corrected chi connectivity index (χ1v) is 9.93. The van der Waals surface area contributed by atoms with Gasteiger partial charge in [0.25, 0.3) is 5.91 Å². The van der Waals surface area contributed by atoms with Crippen LogP contribution in [0.3, 0.4) is 0 Å². The zero-order valence-electron chi connectivity index (χ0n) is 16.2. The van der Waals surface area contributed by atoms with Crippen molar-refractivity contribution in [3.8, 4) is 5.69 Å². The van der Waals surface area contributed by atoms with Crippen molar-refractivity contribution in [1.29, 1.82) is 0 Å². The van der Waals surface area contributed by atoms with Crippen LogP contribution in [0.15, 0.2) is 41.8 Å². The molecular weight excluding hydrogens is 374 g/mol. The number of esters is 1. The molecule has 0 aliphatic carbocycles. The SMILES string of the molecule is Cc1ccc(-n2nc(C)c(NC(=O)COC(=O)CCc3cccs3)c2C)cc1. The second-order valence-electron chi connectivity index (χ2n) is 6.58. The third kappa shape index (κ3) is 4.86. The molecule has 6 nitrogen and oxygen atoms in total. The second-order valence-corrected chi connectivity index (χ2v) is 7.61. The largest absolute Gasteiger partial charge is 0.456 e. The van der Waals surface area contributed by atoms with Crippen molar-refractivity contribution in [3.63, 3.8) is 0 Å². The van der Waals surface area contributed by atoms with Gasteiger partial charge in [0.05, 0.1) is 29.2 Å². The van der Waals surface area contributed by atoms with Crippen LogP contribution in [0.5, 0.6) is 0 Å². The van der Waals surface area contributed by atoms with Crippen molar-refractivity contribution in [2.24, 2.45) is 0 Å². The lowest BCUT2D eigenvalue weighted by atomic mass is 10.2. The number of aryl methyl sites for hydroxylation is 3. The quantitative estimate of drug-likeness (QED) is 0.612. The van der Waals surface area contributed by atoms with E-state index in [4.69, 9.17) is 4.74 Å². The van der Waals surface area contributed by atoms with Gasteiger partial charge in [-0.2, -0.15) is 5.10 Å². The minimum absolute atomic E-state index is 0.261. The number of nitrogens with one attached hydrogen (secondary N) is 1. The Balaban J connectivity index is 1.56. The highest BCUT2D eigenvalue weighted by atomic mass is 32.1. The minimum Gasteiger partial charge on any atom is -0.456 e. The first-order chi connectivity index (χ1) is 13.4. The Hall–Kier alpha value is -2.93. The number of thiophene rings is 1. The Kier molecular flexibility index (Phi) is 6.26. The van der Waals surface area contributed by atoms with Gasteiger partial charge in [0, 0.05) is 4.88 Å². The summed E-state index contributed by atoms with van der Waals surface area (Å²) in [7, 11) is 0. The van der Waals surface area contributed by atoms with Gasteiger partial charge in [0.15, 0.2) is 6.61 Å². The van der Waals surface area contributed by atoms with Gasteiger partial charge in [0.1, 0.15) is 0 Å². The molecular formula is C21H23N3O3S. The number of aromatic nitrogens is 2. The van der Waals surface area contributed by atoms with Crippen LogP contribution in [0.4, 0.5) is 5.69 Å². The maximum Gasteiger partial charge on any atom is 0.306 e. The molecule has 3 aromatic rings. The lowest BCUT2D eigenvalue weighted by molar-refractivity contribution is -0.147. The summed E-state index contributed by atoms with van der Waals surface area (Å²) in [5.41, 5.74) is 4.25. The van der Waals surface area contributed by atoms with Crippen LogP contribution in [-0.2, 0) is 20.7 Å². The molecule has 146 valence electrons. The average molecular weight is 398 g/mol. The molecule has 0 saturated heterocycles. The third-order valence-electron chi connectivity index (χ3n) is 4.35. The second kappa shape index (κ2) is 8.84. The molecule has 0 atom stereocenters. The van der Waals surface area contributed by atoms with E-state index in [9.17, 15) is 9.59 Å². The van der Waals surface area contributed by atoms with E-state index < -0.39 is 0 Å². The van der Waals surface area contributed by atoms with Crippen LogP contribution >= 0.6 is 11.3 Å². The van der Waals surface area contributed by atoms with Gasteiger partial charge in [-0.25, -0.2) is 4.68 Å². The number of carbonyl (C=O) groups excluding carboxylic acids is 2. The Morgan fingerprint density at radius 3 is 2.57 bits per heavy atom. The summed E-state index contributed by atoms with van der Waals surface area (Å²) < 4.78 is 6.87. The van der Waals surface area contributed by atoms with Crippen molar-refractivity contribution in [3.05, 3.63) is 63.6 Å². The molecule has 1 amide bonds. The van der Waals surface area contributed by atoms with Crippen molar-refractivity contribution in [1.82, 2.24) is 9.78 Å². The predicted molar refractivity (Wildman–Crippen MR) is 110 cm³/mol. The number of nitrogens with zero attached hydrogens (tertiary/aromatic N) is 2. The van der Waals surface area contributed by atoms with Crippen LogP contribution in [0.25, 0.3) is 5.69 Å². The van der Waals surface area contributed by atoms with Crippen molar-refractivity contribution < 1.29 is 14.3 Å². The number of anilines is 1. The highest BCUT2D eigenvalue weighted by Crippen LogP contribution is 2.23. The molecule has 1 aromatic carbocycles. The fraction of sp³-hybridized carbons (Fsp3) is 0.286. The molecule has 2 aromatic heterocycles. The van der Waals surface area contributed by atoms with Crippen LogP contribution < -0.4 is 5.32 Å². The maximum atomic E-state index is 12.2. The minimum atomic E-state index is -0.382. The summed E-state index contributed by atoms with van der Waals surface area (Å²) in [6.45, 7) is 5.44. The van der Waals surface area contributed by atoms with Crippen molar-refractivity contribution in [2.45, 2.75) is 33.6 Å². The van der Waals surface area contributed by atoms with Crippen LogP contribution in [0.2, 0.25) is 0 Å². The molecule has 0 radical (unpaired) electrons. The zero-order chi connectivity index (χ0) is 20.1. The predicted octanol–water partition coefficient (Wildman–Crippen LogP) is 3.97. The monoisotopic (exact) mass is 397 g/mol. The summed E-state index contributed by atoms with van der Waals surface area (Å²) >= 11 is 1.60. The summed E-state index contributed by atoms with van der Waals surface area (Å²) in [5, 5.41) is 9.29. The fourth-order valence-electron chi connectivity index (χ4n) is 2.83. The van der Waals surface area contributed by atoms with E-state index in [2.05, 4.69) is 10.4 Å². The van der Waals surface area contributed by atoms with Gasteiger partial charge in [-0.3, -0.25) is 9.59 Å². The van der Waals surface area contributed by atoms with Gasteiger partial charge < -0.3 is 10.1 Å². The first kappa shape index (κ1) is 19.8. The highest BCUT2D eigenvalue weighted by molar-refractivity contribution is 7.09. The van der Waals surface area contributed by atoms with E-state index >= 15 is 0 Å². The summed E-state index contributed by atoms with van der Waals surface area (Å²) in [6, 6.07) is 11.9. The lowest BCUT2D eigenvalue weighted by Crippen LogP contribution is -2.21. The smallest absolute Gasteiger partial charge is 0.306 e. The van der Waals surface area contributed by atoms with Gasteiger partial charge in [0.2, 0.25) is 0 Å².